The van der Waals surface area contributed by atoms with Crippen LogP contribution >= 0.6 is 15.9 Å². The van der Waals surface area contributed by atoms with Gasteiger partial charge in [-0.15, -0.1) is 0 Å². The average molecular weight is 372 g/mol. The van der Waals surface area contributed by atoms with Gasteiger partial charge in [0.15, 0.2) is 0 Å². The van der Waals surface area contributed by atoms with E-state index in [4.69, 9.17) is 0 Å². The van der Waals surface area contributed by atoms with E-state index in [0.717, 1.165) is 23.2 Å². The highest BCUT2D eigenvalue weighted by Crippen LogP contribution is 2.15. The van der Waals surface area contributed by atoms with E-state index in [1.165, 1.54) is 5.56 Å². The number of anilines is 1. The number of nitrogens with zero attached hydrogens (tertiary/aromatic N) is 2. The molecule has 118 valence electrons. The largest absolute Gasteiger partial charge is 0.370 e. The van der Waals surface area contributed by atoms with Crippen molar-refractivity contribution in [3.05, 3.63) is 77.0 Å². The van der Waals surface area contributed by atoms with Crippen LogP contribution in [0.25, 0.3) is 0 Å². The van der Waals surface area contributed by atoms with Crippen LogP contribution in [0.3, 0.4) is 0 Å². The molecule has 0 radical (unpaired) electrons. The summed E-state index contributed by atoms with van der Waals surface area (Å²) < 4.78 is 1.08. The topological polar surface area (TPSA) is 35.6 Å². The van der Waals surface area contributed by atoms with Gasteiger partial charge in [0.2, 0.25) is 0 Å². The van der Waals surface area contributed by atoms with Crippen LogP contribution in [-0.2, 0) is 6.54 Å². The standard InChI is InChI=1S/C18H18BrN3O/c19-16-6-4-5-15(13-16)14-21-9-11-22(12-10-21)18(23)20-17-7-2-1-3-8-17/h1-9,11,13H,10,12,14H2,(H,20,23). The summed E-state index contributed by atoms with van der Waals surface area (Å²) in [5, 5.41) is 2.89. The van der Waals surface area contributed by atoms with E-state index in [1.54, 1.807) is 4.90 Å². The predicted octanol–water partition coefficient (Wildman–Crippen LogP) is 4.27. The molecular weight excluding hydrogens is 354 g/mol. The van der Waals surface area contributed by atoms with Crippen molar-refractivity contribution in [2.45, 2.75) is 6.54 Å². The molecule has 0 saturated heterocycles. The first-order valence-electron chi connectivity index (χ1n) is 7.50. The van der Waals surface area contributed by atoms with Crippen molar-refractivity contribution in [3.63, 3.8) is 0 Å². The number of rotatable bonds is 3. The van der Waals surface area contributed by atoms with Crippen molar-refractivity contribution in [1.82, 2.24) is 9.80 Å². The number of amides is 2. The van der Waals surface area contributed by atoms with Crippen LogP contribution in [0.4, 0.5) is 10.5 Å². The third-order valence-electron chi connectivity index (χ3n) is 3.65. The second-order valence-corrected chi connectivity index (χ2v) is 6.30. The van der Waals surface area contributed by atoms with E-state index in [2.05, 4.69) is 38.3 Å². The molecule has 2 aromatic rings. The fourth-order valence-corrected chi connectivity index (χ4v) is 2.89. The number of hydrogen-bond donors (Lipinski definition) is 1. The van der Waals surface area contributed by atoms with Crippen molar-refractivity contribution in [2.24, 2.45) is 0 Å². The van der Waals surface area contributed by atoms with Crippen LogP contribution in [0.5, 0.6) is 0 Å². The molecule has 5 heteroatoms. The predicted molar refractivity (Wildman–Crippen MR) is 95.9 cm³/mol. The number of carbonyl (C=O) groups excluding carboxylic acids is 1. The molecule has 1 N–H and O–H groups in total. The van der Waals surface area contributed by atoms with Gasteiger partial charge in [0.05, 0.1) is 0 Å². The van der Waals surface area contributed by atoms with E-state index in [1.807, 2.05) is 54.9 Å². The number of hydrogen-bond acceptors (Lipinski definition) is 2. The van der Waals surface area contributed by atoms with Crippen LogP contribution in [0.15, 0.2) is 71.5 Å². The molecule has 0 bridgehead atoms. The molecule has 0 spiro atoms. The van der Waals surface area contributed by atoms with Crippen molar-refractivity contribution in [1.29, 1.82) is 0 Å². The molecular formula is C18H18BrN3O. The summed E-state index contributed by atoms with van der Waals surface area (Å²) in [7, 11) is 0. The molecule has 4 nitrogen and oxygen atoms in total. The van der Waals surface area contributed by atoms with Gasteiger partial charge in [-0.05, 0) is 29.8 Å². The number of carbonyl (C=O) groups is 1. The Morgan fingerprint density at radius 3 is 2.57 bits per heavy atom. The maximum atomic E-state index is 12.2. The first-order chi connectivity index (χ1) is 11.2. The maximum Gasteiger partial charge on any atom is 0.325 e. The zero-order valence-electron chi connectivity index (χ0n) is 12.7. The molecule has 0 aliphatic carbocycles. The highest BCUT2D eigenvalue weighted by atomic mass is 79.9. The molecule has 1 aliphatic heterocycles. The molecule has 0 atom stereocenters. The lowest BCUT2D eigenvalue weighted by molar-refractivity contribution is 0.214. The third-order valence-corrected chi connectivity index (χ3v) is 4.14. The summed E-state index contributed by atoms with van der Waals surface area (Å²) in [5.74, 6) is 0. The van der Waals surface area contributed by atoms with E-state index >= 15 is 0 Å². The van der Waals surface area contributed by atoms with Crippen molar-refractivity contribution in [3.8, 4) is 0 Å². The SMILES string of the molecule is O=C(Nc1ccccc1)N1C=CN(Cc2cccc(Br)c2)CC1. The van der Waals surface area contributed by atoms with E-state index < -0.39 is 0 Å². The van der Waals surface area contributed by atoms with Crippen LogP contribution < -0.4 is 5.32 Å². The minimum atomic E-state index is -0.102. The van der Waals surface area contributed by atoms with Crippen LogP contribution in [0, 0.1) is 0 Å². The summed E-state index contributed by atoms with van der Waals surface area (Å²) in [6, 6.07) is 17.7. The molecule has 1 heterocycles. The van der Waals surface area contributed by atoms with E-state index in [-0.39, 0.29) is 6.03 Å². The van der Waals surface area contributed by atoms with E-state index in [9.17, 15) is 4.79 Å². The van der Waals surface area contributed by atoms with Crippen molar-refractivity contribution in [2.75, 3.05) is 18.4 Å². The lowest BCUT2D eigenvalue weighted by Gasteiger charge is -2.30. The van der Waals surface area contributed by atoms with Gasteiger partial charge in [-0.25, -0.2) is 4.79 Å². The first kappa shape index (κ1) is 15.6. The molecule has 0 aromatic heterocycles. The Morgan fingerprint density at radius 2 is 1.87 bits per heavy atom. The quantitative estimate of drug-likeness (QED) is 0.874. The number of benzene rings is 2. The zero-order chi connectivity index (χ0) is 16.1. The first-order valence-corrected chi connectivity index (χ1v) is 8.29. The van der Waals surface area contributed by atoms with Gasteiger partial charge in [0, 0.05) is 42.2 Å². The number of urea groups is 1. The van der Waals surface area contributed by atoms with Gasteiger partial charge in [-0.3, -0.25) is 4.90 Å². The maximum absolute atomic E-state index is 12.2. The lowest BCUT2D eigenvalue weighted by Crippen LogP contribution is -2.39. The Kier molecular flexibility index (Phi) is 4.98. The molecule has 0 saturated carbocycles. The molecule has 2 amide bonds. The van der Waals surface area contributed by atoms with Crippen LogP contribution in [0.1, 0.15) is 5.56 Å². The van der Waals surface area contributed by atoms with E-state index in [0.29, 0.717) is 6.54 Å². The molecule has 0 fully saturated rings. The molecule has 1 aliphatic rings. The van der Waals surface area contributed by atoms with Gasteiger partial charge < -0.3 is 10.2 Å². The normalized spacial score (nSPS) is 14.0. The smallest absolute Gasteiger partial charge is 0.325 e. The monoisotopic (exact) mass is 371 g/mol. The van der Waals surface area contributed by atoms with Crippen molar-refractivity contribution >= 4 is 27.6 Å². The van der Waals surface area contributed by atoms with Gasteiger partial charge in [0.1, 0.15) is 0 Å². The van der Waals surface area contributed by atoms with Crippen molar-refractivity contribution < 1.29 is 4.79 Å². The molecule has 2 aromatic carbocycles. The van der Waals surface area contributed by atoms with Gasteiger partial charge in [-0.1, -0.05) is 46.3 Å². The Hall–Kier alpha value is -2.27. The second kappa shape index (κ2) is 7.33. The summed E-state index contributed by atoms with van der Waals surface area (Å²) in [5.41, 5.74) is 2.05. The minimum absolute atomic E-state index is 0.102. The second-order valence-electron chi connectivity index (χ2n) is 5.39. The van der Waals surface area contributed by atoms with Crippen LogP contribution in [-0.4, -0.2) is 28.9 Å². The summed E-state index contributed by atoms with van der Waals surface area (Å²) >= 11 is 3.49. The Balaban J connectivity index is 1.56. The molecule has 23 heavy (non-hydrogen) atoms. The Labute approximate surface area is 144 Å². The highest BCUT2D eigenvalue weighted by Gasteiger charge is 2.16. The number of halogens is 1. The number of nitrogens with one attached hydrogen (secondary N) is 1. The van der Waals surface area contributed by atoms with Crippen LogP contribution in [0.2, 0.25) is 0 Å². The van der Waals surface area contributed by atoms with Gasteiger partial charge >= 0.3 is 6.03 Å². The van der Waals surface area contributed by atoms with Gasteiger partial charge in [-0.2, -0.15) is 0 Å². The summed E-state index contributed by atoms with van der Waals surface area (Å²) in [6.07, 6.45) is 3.80. The number of para-hydroxylation sites is 1. The zero-order valence-corrected chi connectivity index (χ0v) is 14.2. The lowest BCUT2D eigenvalue weighted by atomic mass is 10.2. The highest BCUT2D eigenvalue weighted by molar-refractivity contribution is 9.10. The summed E-state index contributed by atoms with van der Waals surface area (Å²) in [4.78, 5) is 16.1. The minimum Gasteiger partial charge on any atom is -0.370 e. The van der Waals surface area contributed by atoms with Gasteiger partial charge in [0.25, 0.3) is 0 Å². The third kappa shape index (κ3) is 4.36. The Bertz CT molecular complexity index is 702. The fraction of sp³-hybridized carbons (Fsp3) is 0.167. The molecule has 0 unspecified atom stereocenters. The molecule has 3 rings (SSSR count). The fourth-order valence-electron chi connectivity index (χ4n) is 2.45. The Morgan fingerprint density at radius 1 is 1.04 bits per heavy atom. The average Bonchev–Trinajstić information content (AvgIpc) is 2.56. The summed E-state index contributed by atoms with van der Waals surface area (Å²) in [6.45, 7) is 2.32.